The molecule has 0 aliphatic carbocycles. The summed E-state index contributed by atoms with van der Waals surface area (Å²) in [5, 5.41) is 13.3. The van der Waals surface area contributed by atoms with Crippen LogP contribution < -0.4 is 16.2 Å². The molecule has 9 heteroatoms. The number of hydrazine groups is 1. The van der Waals surface area contributed by atoms with Gasteiger partial charge < -0.3 is 9.73 Å². The molecule has 2 amide bonds. The molecule has 3 N–H and O–H groups in total. The molecular formula is C18H14N4O5. The lowest BCUT2D eigenvalue weighted by Crippen LogP contribution is -2.30. The maximum absolute atomic E-state index is 12.4. The molecule has 0 bridgehead atoms. The van der Waals surface area contributed by atoms with Crippen molar-refractivity contribution in [1.82, 2.24) is 5.43 Å². The molecule has 3 aromatic rings. The molecule has 0 unspecified atom stereocenters. The van der Waals surface area contributed by atoms with Crippen molar-refractivity contribution in [3.05, 3.63) is 88.4 Å². The van der Waals surface area contributed by atoms with E-state index in [4.69, 9.17) is 4.42 Å². The van der Waals surface area contributed by atoms with Gasteiger partial charge in [0.05, 0.1) is 28.1 Å². The van der Waals surface area contributed by atoms with Crippen molar-refractivity contribution in [2.45, 2.75) is 0 Å². The van der Waals surface area contributed by atoms with Gasteiger partial charge in [-0.2, -0.15) is 0 Å². The van der Waals surface area contributed by atoms with Gasteiger partial charge in [0.25, 0.3) is 17.5 Å². The number of anilines is 2. The van der Waals surface area contributed by atoms with Gasteiger partial charge in [-0.05, 0) is 36.4 Å². The molecule has 0 spiro atoms. The van der Waals surface area contributed by atoms with Crippen molar-refractivity contribution in [1.29, 1.82) is 0 Å². The van der Waals surface area contributed by atoms with Crippen LogP contribution in [-0.2, 0) is 0 Å². The van der Waals surface area contributed by atoms with Gasteiger partial charge in [-0.3, -0.25) is 30.6 Å². The number of amides is 2. The lowest BCUT2D eigenvalue weighted by atomic mass is 10.1. The molecule has 27 heavy (non-hydrogen) atoms. The Bertz CT molecular complexity index is 968. The van der Waals surface area contributed by atoms with E-state index < -0.39 is 16.7 Å². The average molecular weight is 366 g/mol. The van der Waals surface area contributed by atoms with E-state index in [2.05, 4.69) is 16.2 Å². The minimum absolute atomic E-state index is 0.0575. The first-order chi connectivity index (χ1) is 13.0. The summed E-state index contributed by atoms with van der Waals surface area (Å²) in [6.07, 6.45) is 1.38. The summed E-state index contributed by atoms with van der Waals surface area (Å²) in [5.41, 5.74) is 6.08. The summed E-state index contributed by atoms with van der Waals surface area (Å²) in [4.78, 5) is 34.7. The number of nitrogens with one attached hydrogen (secondary N) is 3. The van der Waals surface area contributed by atoms with E-state index in [0.717, 1.165) is 0 Å². The fourth-order valence-corrected chi connectivity index (χ4v) is 2.24. The topological polar surface area (TPSA) is 127 Å². The van der Waals surface area contributed by atoms with E-state index in [1.807, 2.05) is 0 Å². The van der Waals surface area contributed by atoms with E-state index in [1.54, 1.807) is 30.3 Å². The highest BCUT2D eigenvalue weighted by molar-refractivity contribution is 6.08. The summed E-state index contributed by atoms with van der Waals surface area (Å²) in [6.45, 7) is 0. The van der Waals surface area contributed by atoms with Crippen molar-refractivity contribution < 1.29 is 18.9 Å². The minimum atomic E-state index is -0.514. The Morgan fingerprint density at radius 1 is 0.926 bits per heavy atom. The first kappa shape index (κ1) is 17.7. The number of nitrogens with zero attached hydrogens (tertiary/aromatic N) is 1. The van der Waals surface area contributed by atoms with Crippen molar-refractivity contribution in [2.75, 3.05) is 10.7 Å². The molecular weight excluding hydrogens is 352 g/mol. The first-order valence-corrected chi connectivity index (χ1v) is 7.79. The Hall–Kier alpha value is -4.14. The summed E-state index contributed by atoms with van der Waals surface area (Å²) in [7, 11) is 0. The molecule has 0 saturated heterocycles. The third kappa shape index (κ3) is 4.28. The SMILES string of the molecule is O=C(Nc1ccccc1C(=O)NNc1ccc([N+](=O)[O-])cc1)c1ccco1. The average Bonchev–Trinajstić information content (AvgIpc) is 3.22. The summed E-state index contributed by atoms with van der Waals surface area (Å²) in [5.74, 6) is -0.860. The number of nitro groups is 1. The van der Waals surface area contributed by atoms with Crippen LogP contribution in [-0.4, -0.2) is 16.7 Å². The normalized spacial score (nSPS) is 10.1. The predicted octanol–water partition coefficient (Wildman–Crippen LogP) is 3.20. The lowest BCUT2D eigenvalue weighted by molar-refractivity contribution is -0.384. The van der Waals surface area contributed by atoms with Gasteiger partial charge in [0.2, 0.25) is 0 Å². The molecule has 1 aromatic heterocycles. The molecule has 136 valence electrons. The van der Waals surface area contributed by atoms with Crippen LogP contribution in [0.3, 0.4) is 0 Å². The highest BCUT2D eigenvalue weighted by Gasteiger charge is 2.15. The smallest absolute Gasteiger partial charge is 0.291 e. The fourth-order valence-electron chi connectivity index (χ4n) is 2.24. The number of rotatable bonds is 6. The molecule has 0 radical (unpaired) electrons. The summed E-state index contributed by atoms with van der Waals surface area (Å²) >= 11 is 0. The molecule has 9 nitrogen and oxygen atoms in total. The Balaban J connectivity index is 1.68. The Kier molecular flexibility index (Phi) is 5.12. The van der Waals surface area contributed by atoms with Gasteiger partial charge >= 0.3 is 0 Å². The highest BCUT2D eigenvalue weighted by atomic mass is 16.6. The van der Waals surface area contributed by atoms with Crippen LogP contribution in [0, 0.1) is 10.1 Å². The molecule has 2 aromatic carbocycles. The number of furan rings is 1. The number of hydrogen-bond donors (Lipinski definition) is 3. The second-order valence-electron chi connectivity index (χ2n) is 5.36. The number of nitro benzene ring substituents is 1. The van der Waals surface area contributed by atoms with Gasteiger partial charge in [0.1, 0.15) is 0 Å². The summed E-state index contributed by atoms with van der Waals surface area (Å²) in [6, 6.07) is 15.1. The Morgan fingerprint density at radius 2 is 1.67 bits per heavy atom. The maximum atomic E-state index is 12.4. The number of para-hydroxylation sites is 1. The van der Waals surface area contributed by atoms with Crippen molar-refractivity contribution in [3.63, 3.8) is 0 Å². The maximum Gasteiger partial charge on any atom is 0.291 e. The Labute approximate surface area is 153 Å². The zero-order valence-electron chi connectivity index (χ0n) is 13.8. The number of carbonyl (C=O) groups excluding carboxylic acids is 2. The number of carbonyl (C=O) groups is 2. The van der Waals surface area contributed by atoms with Crippen LogP contribution in [0.5, 0.6) is 0 Å². The van der Waals surface area contributed by atoms with Crippen LogP contribution in [0.25, 0.3) is 0 Å². The molecule has 0 fully saturated rings. The van der Waals surface area contributed by atoms with Crippen molar-refractivity contribution in [3.8, 4) is 0 Å². The lowest BCUT2D eigenvalue weighted by Gasteiger charge is -2.12. The molecule has 3 rings (SSSR count). The van der Waals surface area contributed by atoms with Gasteiger partial charge in [-0.15, -0.1) is 0 Å². The zero-order chi connectivity index (χ0) is 19.2. The van der Waals surface area contributed by atoms with Crippen LogP contribution in [0.4, 0.5) is 17.1 Å². The highest BCUT2D eigenvalue weighted by Crippen LogP contribution is 2.18. The van der Waals surface area contributed by atoms with E-state index in [-0.39, 0.29) is 17.0 Å². The second-order valence-corrected chi connectivity index (χ2v) is 5.36. The van der Waals surface area contributed by atoms with Crippen molar-refractivity contribution >= 4 is 28.9 Å². The van der Waals surface area contributed by atoms with Crippen LogP contribution in [0.1, 0.15) is 20.9 Å². The van der Waals surface area contributed by atoms with Gasteiger partial charge in [0, 0.05) is 12.1 Å². The summed E-state index contributed by atoms with van der Waals surface area (Å²) < 4.78 is 5.03. The van der Waals surface area contributed by atoms with Gasteiger partial charge in [0.15, 0.2) is 5.76 Å². The van der Waals surface area contributed by atoms with E-state index in [0.29, 0.717) is 11.4 Å². The quantitative estimate of drug-likeness (QED) is 0.454. The standard InChI is InChI=1S/C18H14N4O5/c23-17(21-20-12-7-9-13(10-8-12)22(25)26)14-4-1-2-5-15(14)19-18(24)16-6-3-11-27-16/h1-11,20H,(H,19,24)(H,21,23). The molecule has 0 aliphatic heterocycles. The molecule has 1 heterocycles. The fraction of sp³-hybridized carbons (Fsp3) is 0. The molecule has 0 saturated carbocycles. The van der Waals surface area contributed by atoms with Gasteiger partial charge in [-0.25, -0.2) is 0 Å². The zero-order valence-corrected chi connectivity index (χ0v) is 13.8. The monoisotopic (exact) mass is 366 g/mol. The van der Waals surface area contributed by atoms with Crippen LogP contribution in [0.2, 0.25) is 0 Å². The third-order valence-electron chi connectivity index (χ3n) is 3.56. The van der Waals surface area contributed by atoms with Crippen molar-refractivity contribution in [2.24, 2.45) is 0 Å². The second kappa shape index (κ2) is 7.83. The number of hydrogen-bond acceptors (Lipinski definition) is 6. The van der Waals surface area contributed by atoms with E-state index in [1.165, 1.54) is 36.6 Å². The molecule has 0 atom stereocenters. The van der Waals surface area contributed by atoms with Gasteiger partial charge in [-0.1, -0.05) is 12.1 Å². The van der Waals surface area contributed by atoms with Crippen LogP contribution >= 0.6 is 0 Å². The number of non-ortho nitro benzene ring substituents is 1. The molecule has 0 aliphatic rings. The van der Waals surface area contributed by atoms with Crippen LogP contribution in [0.15, 0.2) is 71.3 Å². The number of benzene rings is 2. The largest absolute Gasteiger partial charge is 0.459 e. The van der Waals surface area contributed by atoms with E-state index in [9.17, 15) is 19.7 Å². The van der Waals surface area contributed by atoms with E-state index >= 15 is 0 Å². The minimum Gasteiger partial charge on any atom is -0.459 e. The Morgan fingerprint density at radius 3 is 2.33 bits per heavy atom. The third-order valence-corrected chi connectivity index (χ3v) is 3.56. The predicted molar refractivity (Wildman–Crippen MR) is 97.3 cm³/mol. The first-order valence-electron chi connectivity index (χ1n) is 7.79.